The molecule has 268 valence electrons. The summed E-state index contributed by atoms with van der Waals surface area (Å²) >= 11 is 7.71. The fourth-order valence-electron chi connectivity index (χ4n) is 10.6. The van der Waals surface area contributed by atoms with Gasteiger partial charge in [0.15, 0.2) is 0 Å². The van der Waals surface area contributed by atoms with Crippen molar-refractivity contribution >= 4 is 95.5 Å². The quantitative estimate of drug-likeness (QED) is 0.220. The van der Waals surface area contributed by atoms with Crippen LogP contribution in [0.3, 0.4) is 0 Å². The molecule has 0 amide bonds. The molecule has 2 nitrogen and oxygen atoms in total. The van der Waals surface area contributed by atoms with Crippen LogP contribution in [0, 0.1) is 0 Å². The second-order valence-corrected chi connectivity index (χ2v) is 189. The van der Waals surface area contributed by atoms with Crippen LogP contribution in [0.15, 0.2) is 81.2 Å². The molecule has 2 unspecified atom stereocenters. The Morgan fingerprint density at radius 2 is 1.12 bits per heavy atom. The van der Waals surface area contributed by atoms with E-state index in [1.165, 1.54) is 0 Å². The van der Waals surface area contributed by atoms with Crippen LogP contribution in [0.25, 0.3) is 17.7 Å². The number of halogens is 6. The van der Waals surface area contributed by atoms with Gasteiger partial charge in [-0.25, -0.2) is 0 Å². The standard InChI is InChI=1S/C15H10Br.C10H8Br.2C4H10N.2C2H7Si.4ClH.2Zr/c16-15-7-5-11(6-8-15)14-9-12-3-1-2-4-13(12)10-14;1-7-5-8-3-2-4-10(11)9(8)6-7;2*1-4(2,3)5;2*1-3-2;;;;;;/h1-10H;2-6H,1H3;2*5H,1-3H3;2*3H,1-2H3;4*1H;;/q;;2*-1;;;;;;;2*+3/p-4. The predicted molar refractivity (Wildman–Crippen MR) is 229 cm³/mol. The summed E-state index contributed by atoms with van der Waals surface area (Å²) in [4.78, 5) is 0. The molecule has 2 atom stereocenters. The zero-order valence-corrected chi connectivity index (χ0v) is 44.0. The van der Waals surface area contributed by atoms with Crippen molar-refractivity contribution in [3.8, 4) is 0 Å². The van der Waals surface area contributed by atoms with E-state index in [1.807, 2.05) is 0 Å². The van der Waals surface area contributed by atoms with Crippen molar-refractivity contribution in [2.24, 2.45) is 0 Å². The Kier molecular flexibility index (Phi) is 10.3. The molecule has 5 rings (SSSR count). The number of fused-ring (bicyclic) bond motifs is 2. The van der Waals surface area contributed by atoms with Crippen LogP contribution in [0.4, 0.5) is 0 Å². The molecule has 12 heteroatoms. The van der Waals surface area contributed by atoms with Crippen molar-refractivity contribution in [2.45, 2.75) is 93.0 Å². The normalized spacial score (nSPS) is 21.4. The number of nitrogens with one attached hydrogen (secondary N) is 2. The van der Waals surface area contributed by atoms with Gasteiger partial charge >= 0.3 is 323 Å². The maximum absolute atomic E-state index is 9.68. The van der Waals surface area contributed by atoms with Gasteiger partial charge in [0.1, 0.15) is 0 Å². The summed E-state index contributed by atoms with van der Waals surface area (Å²) in [5.74, 6) is -4.83. The summed E-state index contributed by atoms with van der Waals surface area (Å²) in [6.45, 7) is 24.8. The van der Waals surface area contributed by atoms with Gasteiger partial charge in [-0.3, -0.25) is 0 Å². The van der Waals surface area contributed by atoms with Crippen molar-refractivity contribution in [3.63, 3.8) is 0 Å². The van der Waals surface area contributed by atoms with E-state index in [0.29, 0.717) is 0 Å². The molecule has 3 aromatic rings. The first-order chi connectivity index (χ1) is 22.1. The molecule has 0 radical (unpaired) electrons. The van der Waals surface area contributed by atoms with Crippen LogP contribution in [0.1, 0.15) is 83.5 Å². The SMILES string of the molecule is CC1=Cc2cccc(Br)c2[CH]1[Zr]([Cl])([Cl])([NH]C(C)(C)C)([SiH](C)C)[Zr]([Cl])([Cl])([NH]C(C)(C)C)([CH]1C(c2ccc(Br)cc2)=Cc2ccccc21)[SiH](C)C. The van der Waals surface area contributed by atoms with Crippen LogP contribution in [0.5, 0.6) is 0 Å². The van der Waals surface area contributed by atoms with E-state index in [4.69, 9.17) is 0 Å². The van der Waals surface area contributed by atoms with E-state index in [0.717, 1.165) is 47.9 Å². The molecule has 2 N–H and O–H groups in total. The van der Waals surface area contributed by atoms with Crippen molar-refractivity contribution in [1.82, 2.24) is 6.52 Å². The first-order valence-corrected chi connectivity index (χ1v) is 59.6. The van der Waals surface area contributed by atoms with Crippen LogP contribution in [0.2, 0.25) is 26.2 Å². The monoisotopic (exact) mass is 1060 g/mol. The maximum atomic E-state index is 9.68. The topological polar surface area (TPSA) is 24.1 Å². The first kappa shape index (κ1) is 41.5. The Hall–Kier alpha value is 1.38. The third-order valence-corrected chi connectivity index (χ3v) is 406. The molecule has 2 aliphatic rings. The van der Waals surface area contributed by atoms with Crippen LogP contribution in [-0.4, -0.2) is 22.9 Å². The van der Waals surface area contributed by atoms with Crippen molar-refractivity contribution in [1.29, 1.82) is 0 Å². The fraction of sp³-hybridized carbons (Fsp3) is 0.405. The van der Waals surface area contributed by atoms with Gasteiger partial charge in [0, 0.05) is 0 Å². The molecular formula is C37H52Br2Cl4N2Si2Zr2. The number of hydrogen-bond acceptors (Lipinski definition) is 2. The summed E-state index contributed by atoms with van der Waals surface area (Å²) in [5, 5.41) is 0. The van der Waals surface area contributed by atoms with Gasteiger partial charge in [0.2, 0.25) is 0 Å². The Balaban J connectivity index is 2.21. The summed E-state index contributed by atoms with van der Waals surface area (Å²) in [5.41, 5.74) is 6.72. The van der Waals surface area contributed by atoms with Gasteiger partial charge in [0.25, 0.3) is 0 Å². The summed E-state index contributed by atoms with van der Waals surface area (Å²) < 4.78 is 9.93. The Morgan fingerprint density at radius 3 is 1.63 bits per heavy atom. The molecule has 0 spiro atoms. The average molecular weight is 1070 g/mol. The second-order valence-electron chi connectivity index (χ2n) is 17.8. The van der Waals surface area contributed by atoms with E-state index in [2.05, 4.69) is 192 Å². The van der Waals surface area contributed by atoms with Gasteiger partial charge in [-0.1, -0.05) is 0 Å². The summed E-state index contributed by atoms with van der Waals surface area (Å²) in [6, 6.07) is 23.6. The molecule has 0 aliphatic heterocycles. The van der Waals surface area contributed by atoms with Crippen LogP contribution in [-0.2, 0) is 19.1 Å². The van der Waals surface area contributed by atoms with Crippen molar-refractivity contribution < 1.29 is 19.1 Å². The van der Waals surface area contributed by atoms with E-state index in [9.17, 15) is 34.1 Å². The van der Waals surface area contributed by atoms with Crippen LogP contribution < -0.4 is 6.52 Å². The third kappa shape index (κ3) is 5.24. The summed E-state index contributed by atoms with van der Waals surface area (Å²) in [7, 11) is 24.7. The van der Waals surface area contributed by atoms with E-state index in [-0.39, 0.29) is 0 Å². The van der Waals surface area contributed by atoms with Crippen LogP contribution >= 0.6 is 65.9 Å². The zero-order valence-electron chi connectivity index (χ0n) is 30.6. The molecule has 0 heterocycles. The van der Waals surface area contributed by atoms with Crippen molar-refractivity contribution in [2.75, 3.05) is 0 Å². The predicted octanol–water partition coefficient (Wildman–Crippen LogP) is 13.5. The fourth-order valence-corrected chi connectivity index (χ4v) is 470. The molecule has 3 aromatic carbocycles. The Morgan fingerprint density at radius 1 is 0.633 bits per heavy atom. The number of rotatable bonds is 8. The molecular weight excluding hydrogens is 1010 g/mol. The zero-order chi connectivity index (χ0) is 36.9. The van der Waals surface area contributed by atoms with Gasteiger partial charge < -0.3 is 0 Å². The molecule has 2 aliphatic carbocycles. The second kappa shape index (κ2) is 12.2. The van der Waals surface area contributed by atoms with E-state index in [1.54, 1.807) is 0 Å². The van der Waals surface area contributed by atoms with Gasteiger partial charge in [-0.2, -0.15) is 0 Å². The molecule has 0 saturated carbocycles. The van der Waals surface area contributed by atoms with E-state index < -0.39 is 49.3 Å². The van der Waals surface area contributed by atoms with Gasteiger partial charge in [0.05, 0.1) is 0 Å². The van der Waals surface area contributed by atoms with Gasteiger partial charge in [-0.15, -0.1) is 0 Å². The average Bonchev–Trinajstić information content (AvgIpc) is 3.51. The third-order valence-electron chi connectivity index (χ3n) is 12.2. The first-order valence-electron chi connectivity index (χ1n) is 17.3. The minimum absolute atomic E-state index is 0.392. The molecule has 0 saturated heterocycles. The molecule has 0 bridgehead atoms. The Bertz CT molecular complexity index is 1950. The minimum atomic E-state index is -6.98. The number of benzene rings is 3. The summed E-state index contributed by atoms with van der Waals surface area (Å²) in [6.07, 6.45) is 4.60. The molecule has 0 aromatic heterocycles. The van der Waals surface area contributed by atoms with Crippen molar-refractivity contribution in [3.05, 3.63) is 109 Å². The number of hydrogen-bond donors (Lipinski definition) is 2. The van der Waals surface area contributed by atoms with Gasteiger partial charge in [-0.05, 0) is 0 Å². The number of allylic oxidation sites excluding steroid dienone is 2. The molecule has 49 heavy (non-hydrogen) atoms. The Labute approximate surface area is 318 Å². The van der Waals surface area contributed by atoms with E-state index >= 15 is 0 Å². The molecule has 0 fully saturated rings.